The first-order valence-electron chi connectivity index (χ1n) is 3.95. The maximum absolute atomic E-state index is 5.33. The summed E-state index contributed by atoms with van der Waals surface area (Å²) >= 11 is 0. The zero-order valence-electron chi connectivity index (χ0n) is 7.39. The summed E-state index contributed by atoms with van der Waals surface area (Å²) in [5.74, 6) is 0. The third-order valence-corrected chi connectivity index (χ3v) is 1.52. The molecular weight excluding hydrogens is 128 g/mol. The maximum atomic E-state index is 5.33. The molecule has 2 heteroatoms. The van der Waals surface area contributed by atoms with Crippen LogP contribution in [0.25, 0.3) is 0 Å². The number of rotatable bonds is 5. The van der Waals surface area contributed by atoms with Crippen LogP contribution < -0.4 is 0 Å². The van der Waals surface area contributed by atoms with Crippen LogP contribution in [-0.2, 0) is 9.47 Å². The van der Waals surface area contributed by atoms with Gasteiger partial charge in [0.2, 0.25) is 0 Å². The van der Waals surface area contributed by atoms with Gasteiger partial charge in [0.15, 0.2) is 0 Å². The van der Waals surface area contributed by atoms with Crippen LogP contribution in [0.2, 0.25) is 0 Å². The van der Waals surface area contributed by atoms with Crippen LogP contribution >= 0.6 is 0 Å². The van der Waals surface area contributed by atoms with Crippen LogP contribution in [0.15, 0.2) is 0 Å². The summed E-state index contributed by atoms with van der Waals surface area (Å²) < 4.78 is 10.7. The van der Waals surface area contributed by atoms with Gasteiger partial charge >= 0.3 is 0 Å². The summed E-state index contributed by atoms with van der Waals surface area (Å²) in [6.45, 7) is 9.58. The Hall–Kier alpha value is -0.0800. The quantitative estimate of drug-likeness (QED) is 0.589. The predicted molar refractivity (Wildman–Crippen MR) is 42.2 cm³/mol. The number of hydrogen-bond donors (Lipinski definition) is 0. The van der Waals surface area contributed by atoms with Gasteiger partial charge in [0, 0.05) is 13.2 Å². The second-order valence-electron chi connectivity index (χ2n) is 2.32. The number of ether oxygens (including phenoxy) is 2. The van der Waals surface area contributed by atoms with Gasteiger partial charge < -0.3 is 9.47 Å². The molecule has 0 aromatic carbocycles. The highest BCUT2D eigenvalue weighted by Crippen LogP contribution is 2.01. The molecule has 2 unspecified atom stereocenters. The zero-order chi connectivity index (χ0) is 7.98. The van der Waals surface area contributed by atoms with E-state index in [1.165, 1.54) is 0 Å². The molecule has 0 saturated carbocycles. The second kappa shape index (κ2) is 5.69. The summed E-state index contributed by atoms with van der Waals surface area (Å²) in [7, 11) is 0. The van der Waals surface area contributed by atoms with Crippen molar-refractivity contribution in [3.05, 3.63) is 0 Å². The summed E-state index contributed by atoms with van der Waals surface area (Å²) in [4.78, 5) is 0. The summed E-state index contributed by atoms with van der Waals surface area (Å²) in [5.41, 5.74) is 0. The minimum atomic E-state index is 0.213. The van der Waals surface area contributed by atoms with E-state index in [0.29, 0.717) is 0 Å². The first-order valence-corrected chi connectivity index (χ1v) is 3.95. The van der Waals surface area contributed by atoms with Crippen LogP contribution in [0.3, 0.4) is 0 Å². The Balaban J connectivity index is 3.38. The average molecular weight is 146 g/mol. The fourth-order valence-electron chi connectivity index (χ4n) is 0.797. The molecule has 62 valence electrons. The average Bonchev–Trinajstić information content (AvgIpc) is 1.89. The van der Waals surface area contributed by atoms with Crippen molar-refractivity contribution < 1.29 is 9.47 Å². The first kappa shape index (κ1) is 9.92. The Morgan fingerprint density at radius 3 is 1.40 bits per heavy atom. The molecule has 2 nitrogen and oxygen atoms in total. The fourth-order valence-corrected chi connectivity index (χ4v) is 0.797. The van der Waals surface area contributed by atoms with Gasteiger partial charge in [-0.05, 0) is 27.7 Å². The highest BCUT2D eigenvalue weighted by atomic mass is 16.5. The van der Waals surface area contributed by atoms with E-state index < -0.39 is 0 Å². The molecule has 0 aromatic heterocycles. The summed E-state index contributed by atoms with van der Waals surface area (Å²) in [5, 5.41) is 0. The van der Waals surface area contributed by atoms with Gasteiger partial charge in [-0.3, -0.25) is 0 Å². The highest BCUT2D eigenvalue weighted by Gasteiger charge is 2.10. The lowest BCUT2D eigenvalue weighted by atomic mass is 10.2. The normalized spacial score (nSPS) is 16.8. The zero-order valence-corrected chi connectivity index (χ0v) is 7.39. The Morgan fingerprint density at radius 1 is 0.900 bits per heavy atom. The van der Waals surface area contributed by atoms with E-state index in [1.54, 1.807) is 0 Å². The van der Waals surface area contributed by atoms with Crippen molar-refractivity contribution in [3.63, 3.8) is 0 Å². The van der Waals surface area contributed by atoms with Crippen molar-refractivity contribution in [3.8, 4) is 0 Å². The minimum Gasteiger partial charge on any atom is -0.376 e. The van der Waals surface area contributed by atoms with Gasteiger partial charge in [0.1, 0.15) is 0 Å². The maximum Gasteiger partial charge on any atom is 0.0805 e. The Morgan fingerprint density at radius 2 is 1.20 bits per heavy atom. The van der Waals surface area contributed by atoms with Gasteiger partial charge in [-0.1, -0.05) is 0 Å². The van der Waals surface area contributed by atoms with Crippen LogP contribution in [0.1, 0.15) is 27.7 Å². The summed E-state index contributed by atoms with van der Waals surface area (Å²) in [6, 6.07) is 0. The molecule has 0 aliphatic carbocycles. The third kappa shape index (κ3) is 3.85. The van der Waals surface area contributed by atoms with Crippen LogP contribution in [0.5, 0.6) is 0 Å². The molecular formula is C8H18O2. The fraction of sp³-hybridized carbons (Fsp3) is 1.00. The molecule has 10 heavy (non-hydrogen) atoms. The van der Waals surface area contributed by atoms with Crippen molar-refractivity contribution in [2.24, 2.45) is 0 Å². The molecule has 0 aliphatic rings. The largest absolute Gasteiger partial charge is 0.376 e. The smallest absolute Gasteiger partial charge is 0.0805 e. The van der Waals surface area contributed by atoms with Crippen molar-refractivity contribution in [2.75, 3.05) is 13.2 Å². The second-order valence-corrected chi connectivity index (χ2v) is 2.32. The Bertz CT molecular complexity index is 63.7. The van der Waals surface area contributed by atoms with Crippen molar-refractivity contribution in [2.45, 2.75) is 39.9 Å². The molecule has 0 aromatic rings. The van der Waals surface area contributed by atoms with E-state index in [2.05, 4.69) is 0 Å². The van der Waals surface area contributed by atoms with Gasteiger partial charge in [-0.25, -0.2) is 0 Å². The molecule has 0 N–H and O–H groups in total. The van der Waals surface area contributed by atoms with Crippen LogP contribution in [0, 0.1) is 0 Å². The molecule has 2 atom stereocenters. The lowest BCUT2D eigenvalue weighted by Gasteiger charge is -2.19. The molecule has 0 rings (SSSR count). The van der Waals surface area contributed by atoms with Crippen molar-refractivity contribution >= 4 is 0 Å². The summed E-state index contributed by atoms with van der Waals surface area (Å²) in [6.07, 6.45) is 0.426. The lowest BCUT2D eigenvalue weighted by molar-refractivity contribution is -0.0489. The van der Waals surface area contributed by atoms with Crippen LogP contribution in [0.4, 0.5) is 0 Å². The van der Waals surface area contributed by atoms with E-state index >= 15 is 0 Å². The van der Waals surface area contributed by atoms with Gasteiger partial charge in [0.25, 0.3) is 0 Å². The molecule has 0 amide bonds. The molecule has 0 aliphatic heterocycles. The minimum absolute atomic E-state index is 0.213. The van der Waals surface area contributed by atoms with Gasteiger partial charge in [-0.2, -0.15) is 0 Å². The molecule has 0 bridgehead atoms. The molecule has 0 radical (unpaired) electrons. The molecule has 0 heterocycles. The monoisotopic (exact) mass is 146 g/mol. The van der Waals surface area contributed by atoms with E-state index in [4.69, 9.17) is 9.47 Å². The lowest BCUT2D eigenvalue weighted by Crippen LogP contribution is -2.25. The molecule has 0 spiro atoms. The van der Waals surface area contributed by atoms with E-state index in [0.717, 1.165) is 13.2 Å². The van der Waals surface area contributed by atoms with E-state index in [1.807, 2.05) is 27.7 Å². The topological polar surface area (TPSA) is 18.5 Å². The third-order valence-electron chi connectivity index (χ3n) is 1.52. The predicted octanol–water partition coefficient (Wildman–Crippen LogP) is 1.84. The van der Waals surface area contributed by atoms with Crippen molar-refractivity contribution in [1.29, 1.82) is 0 Å². The van der Waals surface area contributed by atoms with E-state index in [9.17, 15) is 0 Å². The molecule has 0 saturated heterocycles. The van der Waals surface area contributed by atoms with E-state index in [-0.39, 0.29) is 12.2 Å². The Labute approximate surface area is 63.5 Å². The van der Waals surface area contributed by atoms with Gasteiger partial charge in [-0.15, -0.1) is 0 Å². The Kier molecular flexibility index (Phi) is 5.64. The SMILES string of the molecule is CCOC(C)C(C)OCC. The standard InChI is InChI=1S/C8H18O2/c1-5-9-7(3)8(4)10-6-2/h7-8H,5-6H2,1-4H3. The van der Waals surface area contributed by atoms with Gasteiger partial charge in [0.05, 0.1) is 12.2 Å². The molecule has 0 fully saturated rings. The highest BCUT2D eigenvalue weighted by molar-refractivity contribution is 4.58. The van der Waals surface area contributed by atoms with Crippen LogP contribution in [-0.4, -0.2) is 25.4 Å². The van der Waals surface area contributed by atoms with Crippen molar-refractivity contribution in [1.82, 2.24) is 0 Å². The first-order chi connectivity index (χ1) is 4.72. The number of hydrogen-bond acceptors (Lipinski definition) is 2.